The molecule has 0 unspecified atom stereocenters. The van der Waals surface area contributed by atoms with Crippen molar-refractivity contribution in [2.45, 2.75) is 6.42 Å². The fourth-order valence-corrected chi connectivity index (χ4v) is 2.72. The molecule has 2 heterocycles. The topological polar surface area (TPSA) is 85.5 Å². The number of rotatable bonds is 7. The molecule has 0 aliphatic rings. The van der Waals surface area contributed by atoms with Gasteiger partial charge in [-0.05, 0) is 24.1 Å². The Balaban J connectivity index is 1.43. The van der Waals surface area contributed by atoms with Crippen LogP contribution in [0.4, 0.5) is 0 Å². The molecule has 136 valence electrons. The van der Waals surface area contributed by atoms with E-state index in [9.17, 15) is 9.59 Å². The number of aromatic nitrogens is 1. The summed E-state index contributed by atoms with van der Waals surface area (Å²) in [5.41, 5.74) is 3.02. The van der Waals surface area contributed by atoms with Crippen LogP contribution in [-0.4, -0.2) is 36.6 Å². The largest absolute Gasteiger partial charge is 0.497 e. The van der Waals surface area contributed by atoms with Crippen molar-refractivity contribution in [3.05, 3.63) is 53.9 Å². The summed E-state index contributed by atoms with van der Waals surface area (Å²) in [6.45, 7) is 0.423. The summed E-state index contributed by atoms with van der Waals surface area (Å²) in [6, 6.07) is 11.1. The van der Waals surface area contributed by atoms with Crippen molar-refractivity contribution in [3.8, 4) is 5.75 Å². The van der Waals surface area contributed by atoms with E-state index in [0.717, 1.165) is 16.8 Å². The molecule has 0 saturated heterocycles. The van der Waals surface area contributed by atoms with Crippen LogP contribution < -0.4 is 15.4 Å². The molecule has 7 heteroatoms. The number of fused-ring (bicyclic) bond motifs is 1. The second-order valence-electron chi connectivity index (χ2n) is 5.89. The van der Waals surface area contributed by atoms with Crippen LogP contribution in [0.25, 0.3) is 11.1 Å². The number of hydrogen-bond acceptors (Lipinski definition) is 4. The first-order chi connectivity index (χ1) is 12.6. The van der Waals surface area contributed by atoms with Gasteiger partial charge in [-0.15, -0.1) is 0 Å². The van der Waals surface area contributed by atoms with Gasteiger partial charge in [0.05, 0.1) is 25.4 Å². The average Bonchev–Trinajstić information content (AvgIpc) is 3.23. The molecule has 2 aromatic heterocycles. The molecule has 0 spiro atoms. The lowest BCUT2D eigenvalue weighted by Crippen LogP contribution is -2.38. The maximum atomic E-state index is 12.2. The normalized spacial score (nSPS) is 10.7. The number of nitrogens with one attached hydrogen (secondary N) is 2. The molecule has 0 aliphatic heterocycles. The molecule has 2 amide bonds. The Hall–Kier alpha value is -3.22. The van der Waals surface area contributed by atoms with E-state index in [4.69, 9.17) is 9.15 Å². The lowest BCUT2D eigenvalue weighted by molar-refractivity contribution is -0.120. The Kier molecular flexibility index (Phi) is 5.26. The third kappa shape index (κ3) is 3.88. The quantitative estimate of drug-likeness (QED) is 0.677. The van der Waals surface area contributed by atoms with Gasteiger partial charge in [-0.25, -0.2) is 0 Å². The van der Waals surface area contributed by atoms with Crippen LogP contribution in [0, 0.1) is 0 Å². The zero-order chi connectivity index (χ0) is 18.5. The molecule has 0 radical (unpaired) electrons. The van der Waals surface area contributed by atoms with Gasteiger partial charge in [0.2, 0.25) is 5.91 Å². The van der Waals surface area contributed by atoms with Gasteiger partial charge >= 0.3 is 0 Å². The standard InChI is InChI=1S/C19H21N3O4/c1-22-15-8-10-26-17(15)11-16(22)19(24)21-12-18(23)20-9-7-13-3-5-14(25-2)6-4-13/h3-6,8,10-11H,7,9,12H2,1-2H3,(H,20,23)(H,21,24). The molecule has 0 saturated carbocycles. The second-order valence-corrected chi connectivity index (χ2v) is 5.89. The highest BCUT2D eigenvalue weighted by Gasteiger charge is 2.15. The van der Waals surface area contributed by atoms with Crippen LogP contribution in [0.5, 0.6) is 5.75 Å². The Morgan fingerprint density at radius 3 is 2.62 bits per heavy atom. The number of hydrogen-bond donors (Lipinski definition) is 2. The molecule has 26 heavy (non-hydrogen) atoms. The van der Waals surface area contributed by atoms with Crippen LogP contribution in [0.3, 0.4) is 0 Å². The molecular weight excluding hydrogens is 334 g/mol. The van der Waals surface area contributed by atoms with Crippen molar-refractivity contribution in [2.75, 3.05) is 20.2 Å². The molecule has 3 aromatic rings. The smallest absolute Gasteiger partial charge is 0.268 e. The van der Waals surface area contributed by atoms with Crippen molar-refractivity contribution in [3.63, 3.8) is 0 Å². The van der Waals surface area contributed by atoms with Crippen molar-refractivity contribution in [2.24, 2.45) is 7.05 Å². The van der Waals surface area contributed by atoms with Gasteiger partial charge < -0.3 is 24.4 Å². The minimum Gasteiger partial charge on any atom is -0.497 e. The van der Waals surface area contributed by atoms with Crippen molar-refractivity contribution < 1.29 is 18.7 Å². The molecule has 3 rings (SSSR count). The monoisotopic (exact) mass is 355 g/mol. The summed E-state index contributed by atoms with van der Waals surface area (Å²) in [7, 11) is 3.40. The summed E-state index contributed by atoms with van der Waals surface area (Å²) in [4.78, 5) is 24.1. The highest BCUT2D eigenvalue weighted by atomic mass is 16.5. The molecule has 0 atom stereocenters. The SMILES string of the molecule is COc1ccc(CCNC(=O)CNC(=O)c2cc3occc3n2C)cc1. The molecular formula is C19H21N3O4. The zero-order valence-electron chi connectivity index (χ0n) is 14.7. The molecule has 0 fully saturated rings. The predicted molar refractivity (Wildman–Crippen MR) is 97.2 cm³/mol. The van der Waals surface area contributed by atoms with Crippen LogP contribution in [0.2, 0.25) is 0 Å². The molecule has 0 aliphatic carbocycles. The lowest BCUT2D eigenvalue weighted by atomic mass is 10.1. The zero-order valence-corrected chi connectivity index (χ0v) is 14.7. The van der Waals surface area contributed by atoms with Gasteiger partial charge in [-0.3, -0.25) is 9.59 Å². The van der Waals surface area contributed by atoms with E-state index < -0.39 is 0 Å². The predicted octanol–water partition coefficient (Wildman–Crippen LogP) is 1.87. The summed E-state index contributed by atoms with van der Waals surface area (Å²) >= 11 is 0. The Morgan fingerprint density at radius 1 is 1.15 bits per heavy atom. The average molecular weight is 355 g/mol. The maximum absolute atomic E-state index is 12.2. The number of carbonyl (C=O) groups excluding carboxylic acids is 2. The van der Waals surface area contributed by atoms with Gasteiger partial charge in [0.25, 0.3) is 5.91 Å². The first-order valence-electron chi connectivity index (χ1n) is 8.29. The molecule has 0 bridgehead atoms. The van der Waals surface area contributed by atoms with Crippen LogP contribution in [0.15, 0.2) is 47.1 Å². The first-order valence-corrected chi connectivity index (χ1v) is 8.29. The van der Waals surface area contributed by atoms with Crippen LogP contribution >= 0.6 is 0 Å². The molecule has 1 aromatic carbocycles. The van der Waals surface area contributed by atoms with Crippen LogP contribution in [0.1, 0.15) is 16.1 Å². The van der Waals surface area contributed by atoms with Gasteiger partial charge in [0, 0.05) is 25.7 Å². The Morgan fingerprint density at radius 2 is 1.92 bits per heavy atom. The van der Waals surface area contributed by atoms with Gasteiger partial charge in [-0.2, -0.15) is 0 Å². The summed E-state index contributed by atoms with van der Waals surface area (Å²) in [6.07, 6.45) is 2.28. The van der Waals surface area contributed by atoms with E-state index in [2.05, 4.69) is 10.6 Å². The number of amides is 2. The third-order valence-electron chi connectivity index (χ3n) is 4.20. The third-order valence-corrected chi connectivity index (χ3v) is 4.20. The minimum atomic E-state index is -0.316. The van der Waals surface area contributed by atoms with Crippen molar-refractivity contribution in [1.29, 1.82) is 0 Å². The molecule has 7 nitrogen and oxygen atoms in total. The van der Waals surface area contributed by atoms with E-state index in [1.165, 1.54) is 0 Å². The Bertz CT molecular complexity index is 909. The molecule has 2 N–H and O–H groups in total. The summed E-state index contributed by atoms with van der Waals surface area (Å²) in [5, 5.41) is 5.42. The number of carbonyl (C=O) groups is 2. The number of furan rings is 1. The number of aryl methyl sites for hydroxylation is 1. The minimum absolute atomic E-state index is 0.0754. The summed E-state index contributed by atoms with van der Waals surface area (Å²) in [5.74, 6) is 0.252. The number of benzene rings is 1. The highest BCUT2D eigenvalue weighted by molar-refractivity contribution is 5.99. The van der Waals surface area contributed by atoms with Crippen molar-refractivity contribution >= 4 is 22.9 Å². The number of ether oxygens (including phenoxy) is 1. The maximum Gasteiger partial charge on any atom is 0.268 e. The van der Waals surface area contributed by atoms with Gasteiger partial charge in [0.1, 0.15) is 11.4 Å². The van der Waals surface area contributed by atoms with E-state index in [-0.39, 0.29) is 18.4 Å². The number of methoxy groups -OCH3 is 1. The second kappa shape index (κ2) is 7.77. The fraction of sp³-hybridized carbons (Fsp3) is 0.263. The van der Waals surface area contributed by atoms with Gasteiger partial charge in [0.15, 0.2) is 5.58 Å². The fourth-order valence-electron chi connectivity index (χ4n) is 2.72. The van der Waals surface area contributed by atoms with E-state index in [0.29, 0.717) is 24.2 Å². The number of nitrogens with zero attached hydrogens (tertiary/aromatic N) is 1. The summed E-state index contributed by atoms with van der Waals surface area (Å²) < 4.78 is 12.1. The van der Waals surface area contributed by atoms with E-state index in [1.54, 1.807) is 37.1 Å². The highest BCUT2D eigenvalue weighted by Crippen LogP contribution is 2.19. The van der Waals surface area contributed by atoms with E-state index >= 15 is 0 Å². The van der Waals surface area contributed by atoms with E-state index in [1.807, 2.05) is 24.3 Å². The van der Waals surface area contributed by atoms with Crippen molar-refractivity contribution in [1.82, 2.24) is 15.2 Å². The van der Waals surface area contributed by atoms with Gasteiger partial charge in [-0.1, -0.05) is 12.1 Å². The Labute approximate surface area is 150 Å². The lowest BCUT2D eigenvalue weighted by Gasteiger charge is -2.08. The first kappa shape index (κ1) is 17.6. The van der Waals surface area contributed by atoms with Crippen LogP contribution in [-0.2, 0) is 18.3 Å².